The molecule has 1 aromatic carbocycles. The SMILES string of the molecule is Clc1ccc(Cl)c(-n2ccc(CNC3CC3)n2)c1. The molecular formula is C13H13Cl2N3. The second kappa shape index (κ2) is 4.92. The third-order valence-electron chi connectivity index (χ3n) is 2.95. The lowest BCUT2D eigenvalue weighted by atomic mass is 10.3. The van der Waals surface area contributed by atoms with E-state index in [2.05, 4.69) is 10.4 Å². The van der Waals surface area contributed by atoms with Gasteiger partial charge in [0.05, 0.1) is 16.4 Å². The van der Waals surface area contributed by atoms with E-state index in [1.54, 1.807) is 16.8 Å². The van der Waals surface area contributed by atoms with Gasteiger partial charge < -0.3 is 5.32 Å². The molecule has 0 saturated heterocycles. The number of halogens is 2. The lowest BCUT2D eigenvalue weighted by molar-refractivity contribution is 0.665. The van der Waals surface area contributed by atoms with E-state index in [0.29, 0.717) is 16.1 Å². The molecule has 3 nitrogen and oxygen atoms in total. The predicted octanol–water partition coefficient (Wildman–Crippen LogP) is 3.43. The van der Waals surface area contributed by atoms with Crippen LogP contribution in [0.1, 0.15) is 18.5 Å². The van der Waals surface area contributed by atoms with Crippen LogP contribution in [0.25, 0.3) is 5.69 Å². The molecule has 18 heavy (non-hydrogen) atoms. The van der Waals surface area contributed by atoms with Gasteiger partial charge in [-0.25, -0.2) is 4.68 Å². The fourth-order valence-electron chi connectivity index (χ4n) is 1.79. The molecule has 0 amide bonds. The minimum Gasteiger partial charge on any atom is -0.308 e. The number of nitrogens with one attached hydrogen (secondary N) is 1. The Labute approximate surface area is 116 Å². The molecule has 3 rings (SSSR count). The van der Waals surface area contributed by atoms with E-state index in [4.69, 9.17) is 23.2 Å². The largest absolute Gasteiger partial charge is 0.308 e. The number of benzene rings is 1. The molecule has 0 atom stereocenters. The molecule has 2 aromatic rings. The molecule has 0 spiro atoms. The van der Waals surface area contributed by atoms with Crippen LogP contribution in [-0.2, 0) is 6.54 Å². The average Bonchev–Trinajstić information content (AvgIpc) is 3.08. The van der Waals surface area contributed by atoms with E-state index in [0.717, 1.165) is 17.9 Å². The molecule has 94 valence electrons. The van der Waals surface area contributed by atoms with Crippen molar-refractivity contribution in [3.8, 4) is 5.69 Å². The first-order chi connectivity index (χ1) is 8.72. The first-order valence-electron chi connectivity index (χ1n) is 5.96. The summed E-state index contributed by atoms with van der Waals surface area (Å²) in [4.78, 5) is 0. The maximum Gasteiger partial charge on any atom is 0.0846 e. The van der Waals surface area contributed by atoms with Gasteiger partial charge in [-0.3, -0.25) is 0 Å². The van der Waals surface area contributed by atoms with Crippen molar-refractivity contribution in [2.45, 2.75) is 25.4 Å². The fourth-order valence-corrected chi connectivity index (χ4v) is 2.16. The van der Waals surface area contributed by atoms with Crippen LogP contribution in [0.3, 0.4) is 0 Å². The Kier molecular flexibility index (Phi) is 3.29. The highest BCUT2D eigenvalue weighted by Gasteiger charge is 2.20. The van der Waals surface area contributed by atoms with Crippen molar-refractivity contribution in [3.63, 3.8) is 0 Å². The molecule has 1 fully saturated rings. The molecule has 0 bridgehead atoms. The topological polar surface area (TPSA) is 29.9 Å². The first-order valence-corrected chi connectivity index (χ1v) is 6.71. The van der Waals surface area contributed by atoms with Gasteiger partial charge in [-0.2, -0.15) is 5.10 Å². The van der Waals surface area contributed by atoms with Gasteiger partial charge in [0.2, 0.25) is 0 Å². The molecule has 0 radical (unpaired) electrons. The zero-order valence-electron chi connectivity index (χ0n) is 9.74. The van der Waals surface area contributed by atoms with E-state index in [-0.39, 0.29) is 0 Å². The lowest BCUT2D eigenvalue weighted by Crippen LogP contribution is -2.15. The second-order valence-corrected chi connectivity index (χ2v) is 5.35. The number of hydrogen-bond acceptors (Lipinski definition) is 2. The van der Waals surface area contributed by atoms with Crippen molar-refractivity contribution in [2.75, 3.05) is 0 Å². The van der Waals surface area contributed by atoms with Gasteiger partial charge in [0.15, 0.2) is 0 Å². The van der Waals surface area contributed by atoms with Gasteiger partial charge in [-0.05, 0) is 37.1 Å². The van der Waals surface area contributed by atoms with Crippen LogP contribution in [0.2, 0.25) is 10.0 Å². The van der Waals surface area contributed by atoms with Gasteiger partial charge in [0.25, 0.3) is 0 Å². The maximum absolute atomic E-state index is 6.14. The number of rotatable bonds is 4. The van der Waals surface area contributed by atoms with Crippen LogP contribution in [0.15, 0.2) is 30.5 Å². The maximum atomic E-state index is 6.14. The number of nitrogens with zero attached hydrogens (tertiary/aromatic N) is 2. The molecule has 1 aromatic heterocycles. The van der Waals surface area contributed by atoms with Gasteiger partial charge in [0.1, 0.15) is 0 Å². The summed E-state index contributed by atoms with van der Waals surface area (Å²) in [5.41, 5.74) is 1.82. The van der Waals surface area contributed by atoms with Crippen LogP contribution in [-0.4, -0.2) is 15.8 Å². The van der Waals surface area contributed by atoms with Crippen molar-refractivity contribution >= 4 is 23.2 Å². The Bertz CT molecular complexity index is 561. The highest BCUT2D eigenvalue weighted by Crippen LogP contribution is 2.24. The molecular weight excluding hydrogens is 269 g/mol. The van der Waals surface area contributed by atoms with Crippen LogP contribution >= 0.6 is 23.2 Å². The Hall–Kier alpha value is -1.03. The molecule has 1 aliphatic carbocycles. The highest BCUT2D eigenvalue weighted by atomic mass is 35.5. The summed E-state index contributed by atoms with van der Waals surface area (Å²) in [6.45, 7) is 0.801. The van der Waals surface area contributed by atoms with Crippen LogP contribution in [0.5, 0.6) is 0 Å². The van der Waals surface area contributed by atoms with Gasteiger partial charge in [-0.15, -0.1) is 0 Å². The van der Waals surface area contributed by atoms with E-state index in [1.807, 2.05) is 18.3 Å². The van der Waals surface area contributed by atoms with Crippen molar-refractivity contribution in [2.24, 2.45) is 0 Å². The summed E-state index contributed by atoms with van der Waals surface area (Å²) in [6, 6.07) is 8.04. The summed E-state index contributed by atoms with van der Waals surface area (Å²) in [5.74, 6) is 0. The quantitative estimate of drug-likeness (QED) is 0.931. The molecule has 1 saturated carbocycles. The standard InChI is InChI=1S/C13H13Cl2N3/c14-9-1-4-12(15)13(7-9)18-6-5-11(17-18)8-16-10-2-3-10/h1,4-7,10,16H,2-3,8H2. The van der Waals surface area contributed by atoms with E-state index < -0.39 is 0 Å². The molecule has 1 N–H and O–H groups in total. The van der Waals surface area contributed by atoms with E-state index in [1.165, 1.54) is 12.8 Å². The fraction of sp³-hybridized carbons (Fsp3) is 0.308. The van der Waals surface area contributed by atoms with Crippen molar-refractivity contribution in [3.05, 3.63) is 46.2 Å². The van der Waals surface area contributed by atoms with Crippen LogP contribution in [0, 0.1) is 0 Å². The van der Waals surface area contributed by atoms with E-state index >= 15 is 0 Å². The average molecular weight is 282 g/mol. The highest BCUT2D eigenvalue weighted by molar-refractivity contribution is 6.34. The summed E-state index contributed by atoms with van der Waals surface area (Å²) >= 11 is 12.1. The zero-order valence-corrected chi connectivity index (χ0v) is 11.2. The normalized spacial score (nSPS) is 15.0. The molecule has 1 heterocycles. The molecule has 0 aliphatic heterocycles. The van der Waals surface area contributed by atoms with Crippen molar-refractivity contribution in [1.29, 1.82) is 0 Å². The zero-order chi connectivity index (χ0) is 12.5. The monoisotopic (exact) mass is 281 g/mol. The first kappa shape index (κ1) is 12.0. The Morgan fingerprint density at radius 1 is 1.28 bits per heavy atom. The Morgan fingerprint density at radius 3 is 2.89 bits per heavy atom. The van der Waals surface area contributed by atoms with Crippen LogP contribution in [0.4, 0.5) is 0 Å². The summed E-state index contributed by atoms with van der Waals surface area (Å²) in [6.07, 6.45) is 4.46. The summed E-state index contributed by atoms with van der Waals surface area (Å²) in [5, 5.41) is 9.22. The second-order valence-electron chi connectivity index (χ2n) is 4.50. The van der Waals surface area contributed by atoms with Crippen molar-refractivity contribution < 1.29 is 0 Å². The third-order valence-corrected chi connectivity index (χ3v) is 3.50. The molecule has 1 aliphatic rings. The van der Waals surface area contributed by atoms with Crippen molar-refractivity contribution in [1.82, 2.24) is 15.1 Å². The minimum absolute atomic E-state index is 0.643. The summed E-state index contributed by atoms with van der Waals surface area (Å²) < 4.78 is 1.76. The van der Waals surface area contributed by atoms with Gasteiger partial charge in [0, 0.05) is 23.8 Å². The lowest BCUT2D eigenvalue weighted by Gasteiger charge is -2.04. The van der Waals surface area contributed by atoms with Gasteiger partial charge in [-0.1, -0.05) is 23.2 Å². The number of aromatic nitrogens is 2. The van der Waals surface area contributed by atoms with Crippen LogP contribution < -0.4 is 5.32 Å². The minimum atomic E-state index is 0.643. The Balaban J connectivity index is 1.80. The number of hydrogen-bond donors (Lipinski definition) is 1. The third kappa shape index (κ3) is 2.69. The molecule has 0 unspecified atom stereocenters. The summed E-state index contributed by atoms with van der Waals surface area (Å²) in [7, 11) is 0. The molecule has 5 heteroatoms. The van der Waals surface area contributed by atoms with E-state index in [9.17, 15) is 0 Å². The predicted molar refractivity (Wildman–Crippen MR) is 73.4 cm³/mol. The van der Waals surface area contributed by atoms with Gasteiger partial charge >= 0.3 is 0 Å². The Morgan fingerprint density at radius 2 is 2.11 bits per heavy atom. The smallest absolute Gasteiger partial charge is 0.0846 e.